The van der Waals surface area contributed by atoms with E-state index in [4.69, 9.17) is 16.2 Å². The molecular formula is C22H42N2O5Pt. The average Bonchev–Trinajstić information content (AvgIpc) is 2.63. The molecule has 1 aliphatic heterocycles. The van der Waals surface area contributed by atoms with Gasteiger partial charge in [-0.1, -0.05) is 58.3 Å². The van der Waals surface area contributed by atoms with Gasteiger partial charge in [-0.05, 0) is 26.2 Å². The van der Waals surface area contributed by atoms with Crippen LogP contribution < -0.4 is 11.5 Å². The summed E-state index contributed by atoms with van der Waals surface area (Å²) in [6.45, 7) is 3.85. The van der Waals surface area contributed by atoms with Gasteiger partial charge in [0.25, 0.3) is 0 Å². The summed E-state index contributed by atoms with van der Waals surface area (Å²) < 4.78 is 4.98. The topological polar surface area (TPSA) is 144 Å². The van der Waals surface area contributed by atoms with Crippen LogP contribution in [0.5, 0.6) is 0 Å². The Kier molecular flexibility index (Phi) is 18.9. The van der Waals surface area contributed by atoms with E-state index in [0.29, 0.717) is 6.42 Å². The Labute approximate surface area is 196 Å². The number of hydrogen-bond acceptors (Lipinski definition) is 6. The zero-order valence-corrected chi connectivity index (χ0v) is 20.9. The normalized spacial score (nSPS) is 25.7. The zero-order valence-electron chi connectivity index (χ0n) is 18.6. The fourth-order valence-corrected chi connectivity index (χ4v) is 3.74. The molecule has 2 unspecified atom stereocenters. The Hall–Kier alpha value is -0.622. The number of ketones is 2. The SMILES string of the molecule is CCCCCCCCCC(=O)C1C(=O)CC(C)OC1=O.N[C@@H]1CCCC[C@H]1N.O.[Pt]. The maximum Gasteiger partial charge on any atom is 0.324 e. The van der Waals surface area contributed by atoms with E-state index in [1.54, 1.807) is 6.92 Å². The predicted octanol–water partition coefficient (Wildman–Crippen LogP) is 2.60. The van der Waals surface area contributed by atoms with Crippen LogP contribution in [0.15, 0.2) is 0 Å². The number of esters is 1. The molecule has 30 heavy (non-hydrogen) atoms. The number of Topliss-reactive ketones (excluding diaryl/α,β-unsaturated/α-hetero) is 2. The van der Waals surface area contributed by atoms with Gasteiger partial charge >= 0.3 is 5.97 Å². The number of carbonyl (C=O) groups is 3. The summed E-state index contributed by atoms with van der Waals surface area (Å²) in [4.78, 5) is 35.3. The fraction of sp³-hybridized carbons (Fsp3) is 0.864. The van der Waals surface area contributed by atoms with Crippen LogP contribution in [0.1, 0.15) is 97.3 Å². The maximum atomic E-state index is 11.9. The largest absolute Gasteiger partial charge is 0.461 e. The van der Waals surface area contributed by atoms with Gasteiger partial charge in [0.2, 0.25) is 0 Å². The molecule has 1 saturated carbocycles. The van der Waals surface area contributed by atoms with Gasteiger partial charge in [-0.15, -0.1) is 0 Å². The second kappa shape index (κ2) is 18.0. The number of cyclic esters (lactones) is 1. The smallest absolute Gasteiger partial charge is 0.324 e. The number of nitrogens with two attached hydrogens (primary N) is 2. The minimum Gasteiger partial charge on any atom is -0.461 e. The standard InChI is InChI=1S/C16H26O4.C6H14N2.H2O.Pt/c1-3-4-5-6-7-8-9-10-13(17)15-14(18)11-12(2)20-16(15)19;7-5-3-1-2-4-6(5)8;;/h12,15H,3-11H2,1-2H3;5-6H,1-4,7-8H2;1H2;/t;5-,6-;;/m.1../s1. The molecule has 8 heteroatoms. The predicted molar refractivity (Wildman–Crippen MR) is 114 cm³/mol. The first-order chi connectivity index (χ1) is 13.4. The van der Waals surface area contributed by atoms with Crippen LogP contribution in [0.3, 0.4) is 0 Å². The van der Waals surface area contributed by atoms with Crippen molar-refractivity contribution in [3.63, 3.8) is 0 Å². The van der Waals surface area contributed by atoms with Gasteiger partial charge in [0.1, 0.15) is 6.10 Å². The van der Waals surface area contributed by atoms with E-state index >= 15 is 0 Å². The second-order valence-electron chi connectivity index (χ2n) is 8.30. The third kappa shape index (κ3) is 12.3. The second-order valence-corrected chi connectivity index (χ2v) is 8.30. The van der Waals surface area contributed by atoms with Gasteiger partial charge in [0, 0.05) is 46.0 Å². The Balaban J connectivity index is 0. The molecule has 2 aliphatic rings. The minimum atomic E-state index is -1.15. The van der Waals surface area contributed by atoms with E-state index in [1.165, 1.54) is 38.5 Å². The van der Waals surface area contributed by atoms with Gasteiger partial charge in [-0.3, -0.25) is 14.4 Å². The summed E-state index contributed by atoms with van der Waals surface area (Å²) in [5, 5.41) is 0. The van der Waals surface area contributed by atoms with Crippen LogP contribution in [-0.4, -0.2) is 41.2 Å². The van der Waals surface area contributed by atoms with E-state index in [-0.39, 0.29) is 56.6 Å². The van der Waals surface area contributed by atoms with Gasteiger partial charge < -0.3 is 21.7 Å². The van der Waals surface area contributed by atoms with Crippen molar-refractivity contribution in [2.75, 3.05) is 0 Å². The summed E-state index contributed by atoms with van der Waals surface area (Å²) in [7, 11) is 0. The number of carbonyl (C=O) groups excluding carboxylic acids is 3. The molecule has 0 aromatic carbocycles. The molecule has 1 aliphatic carbocycles. The van der Waals surface area contributed by atoms with E-state index in [2.05, 4.69) is 6.92 Å². The number of unbranched alkanes of at least 4 members (excludes halogenated alkanes) is 6. The molecule has 6 N–H and O–H groups in total. The number of hydrogen-bond donors (Lipinski definition) is 2. The first-order valence-corrected chi connectivity index (χ1v) is 11.1. The molecule has 0 amide bonds. The fourth-order valence-electron chi connectivity index (χ4n) is 3.74. The van der Waals surface area contributed by atoms with Crippen molar-refractivity contribution in [2.24, 2.45) is 17.4 Å². The quantitative estimate of drug-likeness (QED) is 0.234. The van der Waals surface area contributed by atoms with Crippen LogP contribution in [0.4, 0.5) is 0 Å². The first-order valence-electron chi connectivity index (χ1n) is 11.1. The van der Waals surface area contributed by atoms with Crippen molar-refractivity contribution in [2.45, 2.75) is 116 Å². The Morgan fingerprint density at radius 1 is 0.967 bits per heavy atom. The molecule has 0 bridgehead atoms. The summed E-state index contributed by atoms with van der Waals surface area (Å²) in [5.74, 6) is -2.34. The monoisotopic (exact) mass is 609 g/mol. The third-order valence-electron chi connectivity index (χ3n) is 5.59. The summed E-state index contributed by atoms with van der Waals surface area (Å²) >= 11 is 0. The maximum absolute atomic E-state index is 11.9. The molecule has 2 rings (SSSR count). The van der Waals surface area contributed by atoms with Crippen molar-refractivity contribution in [1.82, 2.24) is 0 Å². The molecule has 2 fully saturated rings. The molecule has 0 aromatic rings. The van der Waals surface area contributed by atoms with Crippen LogP contribution >= 0.6 is 0 Å². The van der Waals surface area contributed by atoms with E-state index in [9.17, 15) is 14.4 Å². The summed E-state index contributed by atoms with van der Waals surface area (Å²) in [5.41, 5.74) is 11.3. The molecule has 0 aromatic heterocycles. The molecule has 0 radical (unpaired) electrons. The molecule has 1 saturated heterocycles. The van der Waals surface area contributed by atoms with Crippen LogP contribution in [0, 0.1) is 5.92 Å². The number of rotatable bonds is 9. The third-order valence-corrected chi connectivity index (χ3v) is 5.59. The van der Waals surface area contributed by atoms with Crippen molar-refractivity contribution in [3.8, 4) is 0 Å². The molecule has 1 heterocycles. The molecular weight excluding hydrogens is 567 g/mol. The van der Waals surface area contributed by atoms with Crippen molar-refractivity contribution in [1.29, 1.82) is 0 Å². The summed E-state index contributed by atoms with van der Waals surface area (Å²) in [6, 6.07) is 0.562. The Morgan fingerprint density at radius 2 is 1.47 bits per heavy atom. The molecule has 0 spiro atoms. The van der Waals surface area contributed by atoms with E-state index < -0.39 is 18.0 Å². The van der Waals surface area contributed by atoms with Crippen molar-refractivity contribution in [3.05, 3.63) is 0 Å². The van der Waals surface area contributed by atoms with Gasteiger partial charge in [-0.25, -0.2) is 0 Å². The minimum absolute atomic E-state index is 0. The van der Waals surface area contributed by atoms with E-state index in [1.807, 2.05) is 0 Å². The first kappa shape index (κ1) is 31.6. The van der Waals surface area contributed by atoms with Gasteiger partial charge in [0.05, 0.1) is 0 Å². The zero-order chi connectivity index (χ0) is 20.9. The Morgan fingerprint density at radius 3 is 1.93 bits per heavy atom. The molecule has 180 valence electrons. The van der Waals surface area contributed by atoms with Crippen molar-refractivity contribution >= 4 is 17.5 Å². The van der Waals surface area contributed by atoms with Gasteiger partial charge in [0.15, 0.2) is 17.5 Å². The molecule has 4 atom stereocenters. The van der Waals surface area contributed by atoms with Crippen molar-refractivity contribution < 1.29 is 45.7 Å². The van der Waals surface area contributed by atoms with Crippen LogP contribution in [0.25, 0.3) is 0 Å². The Bertz CT molecular complexity index is 476. The van der Waals surface area contributed by atoms with E-state index in [0.717, 1.165) is 32.1 Å². The molecule has 7 nitrogen and oxygen atoms in total. The number of ether oxygens (including phenoxy) is 1. The van der Waals surface area contributed by atoms with Crippen LogP contribution in [0.2, 0.25) is 0 Å². The van der Waals surface area contributed by atoms with Gasteiger partial charge in [-0.2, -0.15) is 0 Å². The van der Waals surface area contributed by atoms with Crippen LogP contribution in [-0.2, 0) is 40.2 Å². The summed E-state index contributed by atoms with van der Waals surface area (Å²) in [6.07, 6.45) is 12.7. The average molecular weight is 610 g/mol.